The molecule has 0 aromatic heterocycles. The van der Waals surface area contributed by atoms with Gasteiger partial charge in [-0.1, -0.05) is 84.3 Å². The van der Waals surface area contributed by atoms with Crippen LogP contribution in [0.25, 0.3) is 0 Å². The van der Waals surface area contributed by atoms with E-state index in [-0.39, 0.29) is 17.7 Å². The van der Waals surface area contributed by atoms with Gasteiger partial charge in [0.05, 0.1) is 6.04 Å². The van der Waals surface area contributed by atoms with Crippen molar-refractivity contribution in [3.8, 4) is 0 Å². The molecule has 26 heavy (non-hydrogen) atoms. The lowest BCUT2D eigenvalue weighted by Gasteiger charge is -2.22. The fraction of sp³-hybridized carbons (Fsp3) is 0.870. The van der Waals surface area contributed by atoms with Gasteiger partial charge >= 0.3 is 0 Å². The lowest BCUT2D eigenvalue weighted by atomic mass is 9.93. The summed E-state index contributed by atoms with van der Waals surface area (Å²) in [5.41, 5.74) is 11.9. The largest absolute Gasteiger partial charge is 0.326 e. The van der Waals surface area contributed by atoms with Gasteiger partial charge in [-0.15, -0.1) is 0 Å². The predicted molar refractivity (Wildman–Crippen MR) is 115 cm³/mol. The molecule has 1 unspecified atom stereocenters. The number of ketones is 1. The van der Waals surface area contributed by atoms with Crippen LogP contribution >= 0.6 is 0 Å². The van der Waals surface area contributed by atoms with Crippen LogP contribution in [0.3, 0.4) is 0 Å². The molecule has 0 saturated heterocycles. The van der Waals surface area contributed by atoms with Gasteiger partial charge in [-0.05, 0) is 38.0 Å². The van der Waals surface area contributed by atoms with Crippen molar-refractivity contribution < 1.29 is 4.79 Å². The molecule has 154 valence electrons. The second kappa shape index (κ2) is 17.7. The molecule has 0 aromatic carbocycles. The van der Waals surface area contributed by atoms with Gasteiger partial charge in [0.1, 0.15) is 0 Å². The van der Waals surface area contributed by atoms with E-state index in [1.165, 1.54) is 70.6 Å². The van der Waals surface area contributed by atoms with E-state index in [0.717, 1.165) is 12.8 Å². The summed E-state index contributed by atoms with van der Waals surface area (Å²) in [6, 6.07) is -0.711. The Kier molecular flexibility index (Phi) is 17.3. The Morgan fingerprint density at radius 1 is 0.769 bits per heavy atom. The summed E-state index contributed by atoms with van der Waals surface area (Å²) >= 11 is 0. The summed E-state index contributed by atoms with van der Waals surface area (Å²) in [5.74, 6) is 0.381. The second-order valence-electron chi connectivity index (χ2n) is 8.15. The Labute approximate surface area is 163 Å². The van der Waals surface area contributed by atoms with Crippen LogP contribution in [-0.2, 0) is 4.79 Å². The normalized spacial score (nSPS) is 14.2. The number of carbonyl (C=O) groups is 1. The topological polar surface area (TPSA) is 69.1 Å². The Morgan fingerprint density at radius 3 is 1.73 bits per heavy atom. The lowest BCUT2D eigenvalue weighted by molar-refractivity contribution is -0.121. The first-order chi connectivity index (χ1) is 12.5. The third kappa shape index (κ3) is 14.5. The summed E-state index contributed by atoms with van der Waals surface area (Å²) in [6.07, 6.45) is 21.8. The zero-order valence-electron chi connectivity index (χ0n) is 17.8. The zero-order valence-corrected chi connectivity index (χ0v) is 17.8. The first-order valence-corrected chi connectivity index (χ1v) is 11.2. The Balaban J connectivity index is 3.40. The summed E-state index contributed by atoms with van der Waals surface area (Å²) in [6.45, 7) is 6.29. The molecular weight excluding hydrogens is 320 g/mol. The molecule has 0 fully saturated rings. The van der Waals surface area contributed by atoms with Crippen molar-refractivity contribution in [1.82, 2.24) is 0 Å². The molecule has 2 atom stereocenters. The van der Waals surface area contributed by atoms with Crippen LogP contribution in [0.2, 0.25) is 0 Å². The smallest absolute Gasteiger partial charge is 0.151 e. The van der Waals surface area contributed by atoms with E-state index in [9.17, 15) is 4.79 Å². The molecule has 0 aromatic rings. The SMILES string of the molecule is CCCCCCCC/C=C\CCCCCCCC(=O)C(N)[C@@H](N)C(C)C. The highest BCUT2D eigenvalue weighted by atomic mass is 16.1. The molecule has 0 aliphatic carbocycles. The molecule has 0 aliphatic heterocycles. The van der Waals surface area contributed by atoms with Crippen LogP contribution < -0.4 is 11.5 Å². The molecule has 0 heterocycles. The highest BCUT2D eigenvalue weighted by molar-refractivity contribution is 5.84. The van der Waals surface area contributed by atoms with Gasteiger partial charge in [0.2, 0.25) is 0 Å². The number of hydrogen-bond donors (Lipinski definition) is 2. The van der Waals surface area contributed by atoms with Crippen LogP contribution in [0, 0.1) is 5.92 Å². The quantitative estimate of drug-likeness (QED) is 0.234. The molecule has 3 heteroatoms. The van der Waals surface area contributed by atoms with Crippen LogP contribution in [0.15, 0.2) is 12.2 Å². The van der Waals surface area contributed by atoms with Crippen molar-refractivity contribution in [2.24, 2.45) is 17.4 Å². The van der Waals surface area contributed by atoms with E-state index in [1.54, 1.807) is 0 Å². The number of unbranched alkanes of at least 4 members (excludes halogenated alkanes) is 11. The molecule has 0 aliphatic rings. The number of Topliss-reactive ketones (excluding diaryl/α,β-unsaturated/α-hetero) is 1. The minimum Gasteiger partial charge on any atom is -0.326 e. The maximum atomic E-state index is 12.0. The minimum absolute atomic E-state index is 0.129. The van der Waals surface area contributed by atoms with E-state index < -0.39 is 6.04 Å². The van der Waals surface area contributed by atoms with Crippen LogP contribution in [-0.4, -0.2) is 17.9 Å². The standard InChI is InChI=1S/C23H46N2O/c1-4-5-6-7-8-9-10-11-12-13-14-15-16-17-18-19-21(26)23(25)22(24)20(2)3/h11-12,20,22-23H,4-10,13-19,24-25H2,1-3H3/b12-11-/t22-,23?/m0/s1. The van der Waals surface area contributed by atoms with Crippen LogP contribution in [0.1, 0.15) is 111 Å². The fourth-order valence-corrected chi connectivity index (χ4v) is 3.17. The molecule has 0 rings (SSSR count). The zero-order chi connectivity index (χ0) is 19.6. The van der Waals surface area contributed by atoms with E-state index in [4.69, 9.17) is 11.5 Å². The average Bonchev–Trinajstić information content (AvgIpc) is 2.63. The molecular formula is C23H46N2O. The molecule has 0 radical (unpaired) electrons. The first kappa shape index (κ1) is 25.3. The van der Waals surface area contributed by atoms with Crippen LogP contribution in [0.5, 0.6) is 0 Å². The fourth-order valence-electron chi connectivity index (χ4n) is 3.17. The Morgan fingerprint density at radius 2 is 1.23 bits per heavy atom. The van der Waals surface area contributed by atoms with E-state index in [1.807, 2.05) is 13.8 Å². The van der Waals surface area contributed by atoms with Crippen molar-refractivity contribution >= 4 is 5.78 Å². The molecule has 0 saturated carbocycles. The number of allylic oxidation sites excluding steroid dienone is 2. The third-order valence-electron chi connectivity index (χ3n) is 5.24. The highest BCUT2D eigenvalue weighted by Gasteiger charge is 2.22. The summed E-state index contributed by atoms with van der Waals surface area (Å²) in [7, 11) is 0. The number of nitrogens with two attached hydrogens (primary N) is 2. The van der Waals surface area contributed by atoms with Gasteiger partial charge in [0.25, 0.3) is 0 Å². The maximum absolute atomic E-state index is 12.0. The predicted octanol–water partition coefficient (Wildman–Crippen LogP) is 5.90. The van der Waals surface area contributed by atoms with Crippen molar-refractivity contribution in [3.63, 3.8) is 0 Å². The van der Waals surface area contributed by atoms with E-state index in [0.29, 0.717) is 6.42 Å². The average molecular weight is 367 g/mol. The highest BCUT2D eigenvalue weighted by Crippen LogP contribution is 2.11. The van der Waals surface area contributed by atoms with Crippen LogP contribution in [0.4, 0.5) is 0 Å². The van der Waals surface area contributed by atoms with Gasteiger partial charge in [-0.3, -0.25) is 4.79 Å². The van der Waals surface area contributed by atoms with Gasteiger partial charge in [-0.2, -0.15) is 0 Å². The van der Waals surface area contributed by atoms with Gasteiger partial charge in [0, 0.05) is 12.5 Å². The third-order valence-corrected chi connectivity index (χ3v) is 5.24. The van der Waals surface area contributed by atoms with Gasteiger partial charge < -0.3 is 11.5 Å². The van der Waals surface area contributed by atoms with E-state index in [2.05, 4.69) is 19.1 Å². The van der Waals surface area contributed by atoms with Crippen molar-refractivity contribution in [3.05, 3.63) is 12.2 Å². The lowest BCUT2D eigenvalue weighted by Crippen LogP contribution is -2.49. The summed E-state index contributed by atoms with van der Waals surface area (Å²) in [4.78, 5) is 12.0. The molecule has 0 bridgehead atoms. The number of rotatable bonds is 18. The molecule has 0 amide bonds. The first-order valence-electron chi connectivity index (χ1n) is 11.2. The number of carbonyl (C=O) groups excluding carboxylic acids is 1. The maximum Gasteiger partial charge on any atom is 0.151 e. The van der Waals surface area contributed by atoms with Crippen molar-refractivity contribution in [1.29, 1.82) is 0 Å². The van der Waals surface area contributed by atoms with Crippen molar-refractivity contribution in [2.75, 3.05) is 0 Å². The Hall–Kier alpha value is -0.670. The monoisotopic (exact) mass is 366 g/mol. The van der Waals surface area contributed by atoms with Crippen molar-refractivity contribution in [2.45, 2.75) is 123 Å². The van der Waals surface area contributed by atoms with Gasteiger partial charge in [-0.25, -0.2) is 0 Å². The second-order valence-corrected chi connectivity index (χ2v) is 8.15. The number of hydrogen-bond acceptors (Lipinski definition) is 3. The van der Waals surface area contributed by atoms with Gasteiger partial charge in [0.15, 0.2) is 5.78 Å². The van der Waals surface area contributed by atoms with E-state index >= 15 is 0 Å². The summed E-state index contributed by atoms with van der Waals surface area (Å²) in [5, 5.41) is 0. The Bertz CT molecular complexity index is 352. The molecule has 3 nitrogen and oxygen atoms in total. The molecule has 4 N–H and O–H groups in total. The summed E-state index contributed by atoms with van der Waals surface area (Å²) < 4.78 is 0. The minimum atomic E-state index is -0.494. The molecule has 0 spiro atoms.